The number of amides is 1. The number of carbonyl (C=O) groups is 1. The summed E-state index contributed by atoms with van der Waals surface area (Å²) in [7, 11) is 0. The highest BCUT2D eigenvalue weighted by molar-refractivity contribution is 5.67. The Morgan fingerprint density at radius 3 is 3.07 bits per heavy atom. The number of nitrogens with one attached hydrogen (secondary N) is 2. The first-order valence-corrected chi connectivity index (χ1v) is 5.97. The van der Waals surface area contributed by atoms with Crippen LogP contribution in [0.2, 0.25) is 0 Å². The average molecular weight is 214 g/mol. The first kappa shape index (κ1) is 12.3. The fourth-order valence-corrected chi connectivity index (χ4v) is 1.66. The summed E-state index contributed by atoms with van der Waals surface area (Å²) >= 11 is 0. The van der Waals surface area contributed by atoms with Gasteiger partial charge in [0, 0.05) is 12.6 Å². The van der Waals surface area contributed by atoms with Crippen molar-refractivity contribution < 1.29 is 9.53 Å². The molecular weight excluding hydrogens is 192 g/mol. The molecule has 0 aromatic carbocycles. The van der Waals surface area contributed by atoms with E-state index in [4.69, 9.17) is 4.74 Å². The van der Waals surface area contributed by atoms with Gasteiger partial charge in [0.25, 0.3) is 0 Å². The van der Waals surface area contributed by atoms with E-state index in [1.165, 1.54) is 12.8 Å². The van der Waals surface area contributed by atoms with Gasteiger partial charge in [0.2, 0.25) is 0 Å². The summed E-state index contributed by atoms with van der Waals surface area (Å²) < 4.78 is 5.12. The van der Waals surface area contributed by atoms with E-state index in [1.54, 1.807) is 0 Å². The van der Waals surface area contributed by atoms with Gasteiger partial charge in [-0.05, 0) is 25.8 Å². The summed E-state index contributed by atoms with van der Waals surface area (Å²) in [5, 5.41) is 6.07. The number of hydrogen-bond donors (Lipinski definition) is 2. The molecule has 15 heavy (non-hydrogen) atoms. The van der Waals surface area contributed by atoms with Crippen molar-refractivity contribution in [3.05, 3.63) is 0 Å². The predicted molar refractivity (Wildman–Crippen MR) is 59.9 cm³/mol. The maximum atomic E-state index is 11.2. The van der Waals surface area contributed by atoms with Gasteiger partial charge < -0.3 is 15.4 Å². The van der Waals surface area contributed by atoms with E-state index in [9.17, 15) is 4.79 Å². The van der Waals surface area contributed by atoms with Crippen LogP contribution in [0.15, 0.2) is 0 Å². The Hall–Kier alpha value is -0.770. The summed E-state index contributed by atoms with van der Waals surface area (Å²) in [6.07, 6.45) is 5.40. The van der Waals surface area contributed by atoms with Crippen molar-refractivity contribution in [2.75, 3.05) is 19.7 Å². The highest BCUT2D eigenvalue weighted by Crippen LogP contribution is 2.06. The molecule has 0 unspecified atom stereocenters. The molecule has 1 atom stereocenters. The van der Waals surface area contributed by atoms with Crippen molar-refractivity contribution >= 4 is 6.09 Å². The Kier molecular flexibility index (Phi) is 6.16. The fourth-order valence-electron chi connectivity index (χ4n) is 1.66. The van der Waals surface area contributed by atoms with Gasteiger partial charge in [-0.2, -0.15) is 0 Å². The predicted octanol–water partition coefficient (Wildman–Crippen LogP) is 1.65. The van der Waals surface area contributed by atoms with Crippen LogP contribution in [0.4, 0.5) is 4.79 Å². The summed E-state index contributed by atoms with van der Waals surface area (Å²) in [6.45, 7) is 4.36. The van der Waals surface area contributed by atoms with Gasteiger partial charge in [-0.1, -0.05) is 19.8 Å². The van der Waals surface area contributed by atoms with Crippen LogP contribution in [-0.4, -0.2) is 31.8 Å². The van der Waals surface area contributed by atoms with E-state index in [0.29, 0.717) is 19.2 Å². The number of ether oxygens (including phenoxy) is 1. The summed E-state index contributed by atoms with van der Waals surface area (Å²) in [6, 6.07) is 0.357. The molecule has 1 heterocycles. The Morgan fingerprint density at radius 2 is 2.40 bits per heavy atom. The zero-order valence-corrected chi connectivity index (χ0v) is 9.55. The number of hydrogen-bond acceptors (Lipinski definition) is 3. The molecule has 0 radical (unpaired) electrons. The molecule has 1 fully saturated rings. The highest BCUT2D eigenvalue weighted by atomic mass is 16.5. The van der Waals surface area contributed by atoms with Crippen LogP contribution >= 0.6 is 0 Å². The zero-order chi connectivity index (χ0) is 10.9. The van der Waals surface area contributed by atoms with Gasteiger partial charge in [0.15, 0.2) is 0 Å². The van der Waals surface area contributed by atoms with Crippen LogP contribution in [0.5, 0.6) is 0 Å². The van der Waals surface area contributed by atoms with E-state index in [2.05, 4.69) is 17.6 Å². The van der Waals surface area contributed by atoms with Crippen LogP contribution in [0, 0.1) is 0 Å². The normalized spacial score (nSPS) is 21.0. The number of piperidine rings is 1. The largest absolute Gasteiger partial charge is 0.448 e. The zero-order valence-electron chi connectivity index (χ0n) is 9.55. The lowest BCUT2D eigenvalue weighted by Crippen LogP contribution is -2.39. The Bertz CT molecular complexity index is 179. The molecule has 1 aliphatic heterocycles. The first-order chi connectivity index (χ1) is 7.33. The molecule has 0 saturated carbocycles. The van der Waals surface area contributed by atoms with Crippen molar-refractivity contribution in [3.8, 4) is 0 Å². The first-order valence-electron chi connectivity index (χ1n) is 5.97. The maximum absolute atomic E-state index is 11.2. The van der Waals surface area contributed by atoms with Gasteiger partial charge in [0.05, 0.1) is 0 Å². The topological polar surface area (TPSA) is 50.4 Å². The second-order valence-electron chi connectivity index (χ2n) is 4.03. The minimum absolute atomic E-state index is 0.282. The lowest BCUT2D eigenvalue weighted by atomic mass is 10.1. The highest BCUT2D eigenvalue weighted by Gasteiger charge is 2.14. The van der Waals surface area contributed by atoms with Gasteiger partial charge in [-0.3, -0.25) is 0 Å². The van der Waals surface area contributed by atoms with Crippen molar-refractivity contribution in [2.45, 2.75) is 45.1 Å². The molecule has 1 saturated heterocycles. The smallest absolute Gasteiger partial charge is 0.407 e. The monoisotopic (exact) mass is 214 g/mol. The van der Waals surface area contributed by atoms with Crippen LogP contribution in [-0.2, 0) is 4.74 Å². The third kappa shape index (κ3) is 5.62. The van der Waals surface area contributed by atoms with Gasteiger partial charge in [0.1, 0.15) is 6.61 Å². The quantitative estimate of drug-likeness (QED) is 0.684. The molecule has 1 rings (SSSR count). The second-order valence-corrected chi connectivity index (χ2v) is 4.03. The molecule has 4 nitrogen and oxygen atoms in total. The third-order valence-corrected chi connectivity index (χ3v) is 2.63. The minimum Gasteiger partial charge on any atom is -0.448 e. The average Bonchev–Trinajstić information content (AvgIpc) is 2.28. The van der Waals surface area contributed by atoms with Gasteiger partial charge in [-0.25, -0.2) is 4.79 Å². The molecular formula is C11H22N2O2. The fraction of sp³-hybridized carbons (Fsp3) is 0.909. The van der Waals surface area contributed by atoms with Crippen LogP contribution in [0.3, 0.4) is 0 Å². The number of rotatable bonds is 5. The summed E-state index contributed by atoms with van der Waals surface area (Å²) in [4.78, 5) is 11.2. The van der Waals surface area contributed by atoms with E-state index >= 15 is 0 Å². The number of unbranched alkanes of at least 4 members (excludes halogenated alkanes) is 1. The Morgan fingerprint density at radius 1 is 1.53 bits per heavy atom. The van der Waals surface area contributed by atoms with Crippen molar-refractivity contribution in [1.82, 2.24) is 10.6 Å². The molecule has 0 aliphatic carbocycles. The lowest BCUT2D eigenvalue weighted by Gasteiger charge is -2.22. The second kappa shape index (κ2) is 7.51. The van der Waals surface area contributed by atoms with Gasteiger partial charge in [-0.15, -0.1) is 0 Å². The lowest BCUT2D eigenvalue weighted by molar-refractivity contribution is 0.128. The van der Waals surface area contributed by atoms with Crippen LogP contribution < -0.4 is 10.6 Å². The van der Waals surface area contributed by atoms with Crippen molar-refractivity contribution in [3.63, 3.8) is 0 Å². The Balaban J connectivity index is 2.00. The number of alkyl carbamates (subject to hydrolysis) is 1. The summed E-state index contributed by atoms with van der Waals surface area (Å²) in [5.74, 6) is 0. The molecule has 1 amide bonds. The van der Waals surface area contributed by atoms with Crippen molar-refractivity contribution in [1.29, 1.82) is 0 Å². The van der Waals surface area contributed by atoms with Crippen molar-refractivity contribution in [2.24, 2.45) is 0 Å². The van der Waals surface area contributed by atoms with E-state index < -0.39 is 0 Å². The Labute approximate surface area is 91.8 Å². The summed E-state index contributed by atoms with van der Waals surface area (Å²) in [5.41, 5.74) is 0. The van der Waals surface area contributed by atoms with E-state index in [0.717, 1.165) is 25.8 Å². The van der Waals surface area contributed by atoms with Crippen LogP contribution in [0.25, 0.3) is 0 Å². The third-order valence-electron chi connectivity index (χ3n) is 2.63. The van der Waals surface area contributed by atoms with E-state index in [-0.39, 0.29) is 6.09 Å². The molecule has 0 aromatic rings. The minimum atomic E-state index is -0.282. The molecule has 0 aromatic heterocycles. The molecule has 4 heteroatoms. The van der Waals surface area contributed by atoms with Gasteiger partial charge >= 0.3 is 6.09 Å². The molecule has 88 valence electrons. The maximum Gasteiger partial charge on any atom is 0.407 e. The molecule has 2 N–H and O–H groups in total. The number of carbonyl (C=O) groups excluding carboxylic acids is 1. The molecule has 1 aliphatic rings. The molecule has 0 spiro atoms. The standard InChI is InChI=1S/C11H22N2O2/c1-2-3-7-13-11(14)15-9-10-6-4-5-8-12-10/h10,12H,2-9H2,1H3,(H,13,14)/t10-/m1/s1. The van der Waals surface area contributed by atoms with E-state index in [1.807, 2.05) is 0 Å². The SMILES string of the molecule is CCCCNC(=O)OC[C@H]1CCCCN1. The molecule has 0 bridgehead atoms. The van der Waals surface area contributed by atoms with Crippen LogP contribution in [0.1, 0.15) is 39.0 Å².